The van der Waals surface area contributed by atoms with Gasteiger partial charge in [0.25, 0.3) is 0 Å². The van der Waals surface area contributed by atoms with Gasteiger partial charge in [-0.1, -0.05) is 31.0 Å². The molecule has 1 aromatic heterocycles. The Balaban J connectivity index is 0.00000261. The molecule has 1 saturated carbocycles. The molecular weight excluding hydrogens is 449 g/mol. The van der Waals surface area contributed by atoms with Gasteiger partial charge in [-0.05, 0) is 57.2 Å². The highest BCUT2D eigenvalue weighted by Gasteiger charge is 2.15. The van der Waals surface area contributed by atoms with Crippen molar-refractivity contribution in [2.45, 2.75) is 58.4 Å². The van der Waals surface area contributed by atoms with Gasteiger partial charge in [-0.15, -0.1) is 24.0 Å². The summed E-state index contributed by atoms with van der Waals surface area (Å²) in [5.74, 6) is 0.969. The summed E-state index contributed by atoms with van der Waals surface area (Å²) >= 11 is 0. The molecule has 2 aromatic rings. The Hall–Kier alpha value is -1.57. The van der Waals surface area contributed by atoms with Gasteiger partial charge in [-0.3, -0.25) is 4.99 Å². The zero-order valence-electron chi connectivity index (χ0n) is 16.4. The van der Waals surface area contributed by atoms with E-state index in [0.717, 1.165) is 43.3 Å². The van der Waals surface area contributed by atoms with E-state index in [2.05, 4.69) is 47.9 Å². The molecule has 1 aliphatic rings. The molecule has 1 aliphatic carbocycles. The molecule has 2 N–H and O–H groups in total. The SMILES string of the molecule is CCNC(=NCCCc1cn(-c2ccccc2)nc1C)NC1CCCC1.I. The molecule has 0 saturated heterocycles. The number of nitrogens with zero attached hydrogens (tertiary/aromatic N) is 3. The first-order valence-corrected chi connectivity index (χ1v) is 9.91. The Morgan fingerprint density at radius 2 is 1.96 bits per heavy atom. The molecule has 1 fully saturated rings. The van der Waals surface area contributed by atoms with Crippen LogP contribution in [-0.4, -0.2) is 34.9 Å². The van der Waals surface area contributed by atoms with E-state index in [4.69, 9.17) is 4.99 Å². The van der Waals surface area contributed by atoms with Crippen molar-refractivity contribution in [3.63, 3.8) is 0 Å². The van der Waals surface area contributed by atoms with Crippen LogP contribution in [0.4, 0.5) is 0 Å². The number of aliphatic imine (C=N–C) groups is 1. The van der Waals surface area contributed by atoms with E-state index in [-0.39, 0.29) is 24.0 Å². The van der Waals surface area contributed by atoms with E-state index in [1.165, 1.54) is 31.2 Å². The van der Waals surface area contributed by atoms with Crippen LogP contribution in [0, 0.1) is 6.92 Å². The summed E-state index contributed by atoms with van der Waals surface area (Å²) in [4.78, 5) is 4.75. The van der Waals surface area contributed by atoms with Crippen LogP contribution in [0.2, 0.25) is 0 Å². The second-order valence-electron chi connectivity index (χ2n) is 7.01. The zero-order chi connectivity index (χ0) is 18.2. The first kappa shape index (κ1) is 21.7. The average Bonchev–Trinajstić information content (AvgIpc) is 3.29. The predicted octanol–water partition coefficient (Wildman–Crippen LogP) is 4.23. The third kappa shape index (κ3) is 6.52. The number of halogens is 1. The molecule has 1 heterocycles. The molecule has 0 radical (unpaired) electrons. The molecule has 148 valence electrons. The molecule has 3 rings (SSSR count). The molecule has 0 spiro atoms. The summed E-state index contributed by atoms with van der Waals surface area (Å²) < 4.78 is 1.97. The lowest BCUT2D eigenvalue weighted by atomic mass is 10.1. The van der Waals surface area contributed by atoms with Gasteiger partial charge in [0.05, 0.1) is 11.4 Å². The lowest BCUT2D eigenvalue weighted by Gasteiger charge is -2.16. The Kier molecular flexibility index (Phi) is 9.10. The van der Waals surface area contributed by atoms with Crippen LogP contribution in [-0.2, 0) is 6.42 Å². The normalized spacial score (nSPS) is 14.8. The first-order chi connectivity index (χ1) is 12.8. The van der Waals surface area contributed by atoms with Gasteiger partial charge in [0, 0.05) is 25.3 Å². The van der Waals surface area contributed by atoms with Crippen molar-refractivity contribution >= 4 is 29.9 Å². The van der Waals surface area contributed by atoms with Crippen molar-refractivity contribution in [1.29, 1.82) is 0 Å². The van der Waals surface area contributed by atoms with Gasteiger partial charge >= 0.3 is 0 Å². The Bertz CT molecular complexity index is 705. The molecule has 5 nitrogen and oxygen atoms in total. The van der Waals surface area contributed by atoms with E-state index < -0.39 is 0 Å². The number of hydrogen-bond acceptors (Lipinski definition) is 2. The minimum Gasteiger partial charge on any atom is -0.357 e. The Labute approximate surface area is 180 Å². The summed E-state index contributed by atoms with van der Waals surface area (Å²) in [6, 6.07) is 10.9. The highest BCUT2D eigenvalue weighted by Crippen LogP contribution is 2.17. The highest BCUT2D eigenvalue weighted by molar-refractivity contribution is 14.0. The summed E-state index contributed by atoms with van der Waals surface area (Å²) in [5, 5.41) is 11.6. The Morgan fingerprint density at radius 3 is 2.67 bits per heavy atom. The van der Waals surface area contributed by atoms with Crippen molar-refractivity contribution in [2.75, 3.05) is 13.1 Å². The zero-order valence-corrected chi connectivity index (χ0v) is 18.8. The minimum atomic E-state index is 0. The van der Waals surface area contributed by atoms with Gasteiger partial charge in [-0.2, -0.15) is 5.10 Å². The number of hydrogen-bond donors (Lipinski definition) is 2. The summed E-state index contributed by atoms with van der Waals surface area (Å²) in [6.07, 6.45) is 9.39. The molecule has 6 heteroatoms. The van der Waals surface area contributed by atoms with Crippen LogP contribution in [0.15, 0.2) is 41.5 Å². The van der Waals surface area contributed by atoms with E-state index >= 15 is 0 Å². The van der Waals surface area contributed by atoms with Crippen LogP contribution in [0.3, 0.4) is 0 Å². The smallest absolute Gasteiger partial charge is 0.191 e. The van der Waals surface area contributed by atoms with Crippen molar-refractivity contribution in [3.8, 4) is 5.69 Å². The van der Waals surface area contributed by atoms with E-state index in [1.807, 2.05) is 22.9 Å². The number of guanidine groups is 1. The topological polar surface area (TPSA) is 54.2 Å². The molecule has 1 aromatic carbocycles. The van der Waals surface area contributed by atoms with E-state index in [1.54, 1.807) is 0 Å². The van der Waals surface area contributed by atoms with Crippen LogP contribution < -0.4 is 10.6 Å². The second kappa shape index (κ2) is 11.3. The summed E-state index contributed by atoms with van der Waals surface area (Å²) in [7, 11) is 0. The van der Waals surface area contributed by atoms with Crippen molar-refractivity contribution < 1.29 is 0 Å². The summed E-state index contributed by atoms with van der Waals surface area (Å²) in [5.41, 5.74) is 3.52. The van der Waals surface area contributed by atoms with Crippen LogP contribution in [0.1, 0.15) is 50.3 Å². The monoisotopic (exact) mass is 481 g/mol. The van der Waals surface area contributed by atoms with Crippen LogP contribution >= 0.6 is 24.0 Å². The average molecular weight is 481 g/mol. The molecular formula is C21H32IN5. The quantitative estimate of drug-likeness (QED) is 0.270. The fourth-order valence-electron chi connectivity index (χ4n) is 3.50. The second-order valence-corrected chi connectivity index (χ2v) is 7.01. The number of nitrogens with one attached hydrogen (secondary N) is 2. The highest BCUT2D eigenvalue weighted by atomic mass is 127. The maximum atomic E-state index is 4.75. The molecule has 0 bridgehead atoms. The van der Waals surface area contributed by atoms with Gasteiger partial charge in [-0.25, -0.2) is 4.68 Å². The first-order valence-electron chi connectivity index (χ1n) is 9.91. The van der Waals surface area contributed by atoms with E-state index in [9.17, 15) is 0 Å². The molecule has 0 unspecified atom stereocenters. The Morgan fingerprint density at radius 1 is 1.22 bits per heavy atom. The van der Waals surface area contributed by atoms with Gasteiger partial charge in [0.2, 0.25) is 0 Å². The van der Waals surface area contributed by atoms with Crippen molar-refractivity contribution in [2.24, 2.45) is 4.99 Å². The maximum Gasteiger partial charge on any atom is 0.191 e. The molecule has 0 amide bonds. The van der Waals surface area contributed by atoms with Gasteiger partial charge < -0.3 is 10.6 Å². The lowest BCUT2D eigenvalue weighted by Crippen LogP contribution is -2.42. The van der Waals surface area contributed by atoms with E-state index in [0.29, 0.717) is 6.04 Å². The van der Waals surface area contributed by atoms with Crippen molar-refractivity contribution in [1.82, 2.24) is 20.4 Å². The lowest BCUT2D eigenvalue weighted by molar-refractivity contribution is 0.613. The predicted molar refractivity (Wildman–Crippen MR) is 123 cm³/mol. The fourth-order valence-corrected chi connectivity index (χ4v) is 3.50. The van der Waals surface area contributed by atoms with Crippen molar-refractivity contribution in [3.05, 3.63) is 47.8 Å². The number of rotatable bonds is 7. The van der Waals surface area contributed by atoms with Crippen LogP contribution in [0.5, 0.6) is 0 Å². The number of aromatic nitrogens is 2. The number of para-hydroxylation sites is 1. The molecule has 27 heavy (non-hydrogen) atoms. The minimum absolute atomic E-state index is 0. The third-order valence-corrected chi connectivity index (χ3v) is 4.94. The maximum absolute atomic E-state index is 4.75. The summed E-state index contributed by atoms with van der Waals surface area (Å²) in [6.45, 7) is 5.94. The molecule has 0 atom stereocenters. The van der Waals surface area contributed by atoms with Crippen LogP contribution in [0.25, 0.3) is 5.69 Å². The van der Waals surface area contributed by atoms with Gasteiger partial charge in [0.1, 0.15) is 0 Å². The fraction of sp³-hybridized carbons (Fsp3) is 0.524. The molecule has 0 aliphatic heterocycles. The largest absolute Gasteiger partial charge is 0.357 e. The standard InChI is InChI=1S/C21H31N5.HI/c1-3-22-21(24-19-11-7-8-12-19)23-15-9-10-18-16-26(25-17(18)2)20-13-5-4-6-14-20;/h4-6,13-14,16,19H,3,7-12,15H2,1-2H3,(H2,22,23,24);1H. The third-order valence-electron chi connectivity index (χ3n) is 4.94. The number of benzene rings is 1. The van der Waals surface area contributed by atoms with Gasteiger partial charge in [0.15, 0.2) is 5.96 Å². The number of aryl methyl sites for hydroxylation is 2.